The predicted molar refractivity (Wildman–Crippen MR) is 108 cm³/mol. The number of primary amides is 1. The number of amides is 1. The zero-order chi connectivity index (χ0) is 19.0. The van der Waals surface area contributed by atoms with Gasteiger partial charge in [0.25, 0.3) is 5.56 Å². The minimum absolute atomic E-state index is 0.159. The smallest absolute Gasteiger partial charge is 0.268 e. The number of nitrogens with zero attached hydrogens (tertiary/aromatic N) is 2. The van der Waals surface area contributed by atoms with Crippen LogP contribution in [-0.4, -0.2) is 33.4 Å². The van der Waals surface area contributed by atoms with Crippen molar-refractivity contribution in [3.05, 3.63) is 51.5 Å². The van der Waals surface area contributed by atoms with Crippen molar-refractivity contribution in [2.45, 2.75) is 31.8 Å². The summed E-state index contributed by atoms with van der Waals surface area (Å²) in [5.74, 6) is 0.236. The first-order chi connectivity index (χ1) is 13.0. The van der Waals surface area contributed by atoms with Crippen molar-refractivity contribution < 1.29 is 4.79 Å². The summed E-state index contributed by atoms with van der Waals surface area (Å²) in [6.07, 6.45) is 2.75. The lowest BCUT2D eigenvalue weighted by Crippen LogP contribution is -2.47. The molecular weight excluding hydrogens is 384 g/mol. The molecule has 0 radical (unpaired) electrons. The third kappa shape index (κ3) is 3.76. The quantitative estimate of drug-likeness (QED) is 0.701. The van der Waals surface area contributed by atoms with E-state index >= 15 is 0 Å². The maximum atomic E-state index is 12.5. The zero-order valence-electron chi connectivity index (χ0n) is 14.6. The second-order valence-corrected chi connectivity index (χ2v) is 8.22. The first-order valence-electron chi connectivity index (χ1n) is 8.83. The molecule has 1 aliphatic heterocycles. The number of fused-ring (bicyclic) bond motifs is 1. The van der Waals surface area contributed by atoms with Crippen molar-refractivity contribution in [1.82, 2.24) is 14.9 Å². The van der Waals surface area contributed by atoms with Gasteiger partial charge in [-0.3, -0.25) is 14.5 Å². The molecule has 1 amide bonds. The van der Waals surface area contributed by atoms with E-state index < -0.39 is 0 Å². The molecule has 3 heterocycles. The van der Waals surface area contributed by atoms with Crippen LogP contribution in [0.25, 0.3) is 20.7 Å². The summed E-state index contributed by atoms with van der Waals surface area (Å²) in [6.45, 7) is 1.18. The fourth-order valence-corrected chi connectivity index (χ4v) is 4.64. The lowest BCUT2D eigenvalue weighted by atomic mass is 10.0. The Kier molecular flexibility index (Phi) is 4.99. The SMILES string of the molecule is NC(=O)C1CCCCN1Cc1nc2cc(-c3ccc(Cl)cc3)sc2c(=O)[nH]1. The molecule has 1 atom stereocenters. The van der Waals surface area contributed by atoms with E-state index in [4.69, 9.17) is 17.3 Å². The van der Waals surface area contributed by atoms with Crippen LogP contribution in [0, 0.1) is 0 Å². The number of halogens is 1. The molecule has 3 N–H and O–H groups in total. The highest BCUT2D eigenvalue weighted by atomic mass is 35.5. The summed E-state index contributed by atoms with van der Waals surface area (Å²) in [5.41, 5.74) is 7.03. The van der Waals surface area contributed by atoms with E-state index in [-0.39, 0.29) is 17.5 Å². The van der Waals surface area contributed by atoms with Crippen LogP contribution in [0.15, 0.2) is 35.1 Å². The summed E-state index contributed by atoms with van der Waals surface area (Å²) < 4.78 is 0.591. The molecule has 1 unspecified atom stereocenters. The molecule has 0 spiro atoms. The molecule has 3 aromatic rings. The minimum Gasteiger partial charge on any atom is -0.368 e. The van der Waals surface area contributed by atoms with Crippen molar-refractivity contribution in [3.63, 3.8) is 0 Å². The first-order valence-corrected chi connectivity index (χ1v) is 10.0. The Bertz CT molecular complexity index is 1040. The maximum Gasteiger partial charge on any atom is 0.268 e. The van der Waals surface area contributed by atoms with Gasteiger partial charge in [-0.2, -0.15) is 0 Å². The molecule has 1 saturated heterocycles. The van der Waals surface area contributed by atoms with Gasteiger partial charge in [-0.05, 0) is 43.1 Å². The highest BCUT2D eigenvalue weighted by molar-refractivity contribution is 7.22. The molecule has 1 aromatic carbocycles. The van der Waals surface area contributed by atoms with Gasteiger partial charge in [0.05, 0.1) is 18.1 Å². The zero-order valence-corrected chi connectivity index (χ0v) is 16.1. The van der Waals surface area contributed by atoms with E-state index in [1.54, 1.807) is 0 Å². The van der Waals surface area contributed by atoms with Crippen LogP contribution in [0.5, 0.6) is 0 Å². The predicted octanol–water partition coefficient (Wildman–Crippen LogP) is 3.14. The lowest BCUT2D eigenvalue weighted by Gasteiger charge is -2.32. The molecule has 140 valence electrons. The van der Waals surface area contributed by atoms with Crippen molar-refractivity contribution >= 4 is 39.1 Å². The molecule has 0 aliphatic carbocycles. The van der Waals surface area contributed by atoms with Crippen molar-refractivity contribution in [2.75, 3.05) is 6.54 Å². The van der Waals surface area contributed by atoms with Gasteiger partial charge < -0.3 is 10.7 Å². The van der Waals surface area contributed by atoms with Crippen molar-refractivity contribution in [2.24, 2.45) is 5.73 Å². The lowest BCUT2D eigenvalue weighted by molar-refractivity contribution is -0.124. The third-order valence-corrected chi connectivity index (χ3v) is 6.28. The number of benzene rings is 1. The number of hydrogen-bond donors (Lipinski definition) is 2. The monoisotopic (exact) mass is 402 g/mol. The first kappa shape index (κ1) is 18.2. The molecule has 0 saturated carbocycles. The molecule has 2 aromatic heterocycles. The van der Waals surface area contributed by atoms with Crippen LogP contribution in [-0.2, 0) is 11.3 Å². The van der Waals surface area contributed by atoms with Gasteiger partial charge in [0.1, 0.15) is 10.5 Å². The van der Waals surface area contributed by atoms with Crippen LogP contribution in [0.3, 0.4) is 0 Å². The van der Waals surface area contributed by atoms with Gasteiger partial charge in [0.15, 0.2) is 0 Å². The number of likely N-dealkylation sites (tertiary alicyclic amines) is 1. The van der Waals surface area contributed by atoms with E-state index in [1.807, 2.05) is 35.2 Å². The van der Waals surface area contributed by atoms with Gasteiger partial charge in [-0.1, -0.05) is 30.2 Å². The largest absolute Gasteiger partial charge is 0.368 e. The van der Waals surface area contributed by atoms with E-state index in [0.29, 0.717) is 27.6 Å². The standard InChI is InChI=1S/C19H19ClN4O2S/c20-12-6-4-11(5-7-12)15-9-13-17(27-15)19(26)23-16(22-13)10-24-8-2-1-3-14(24)18(21)25/h4-7,9,14H,1-3,8,10H2,(H2,21,25)(H,22,23,26). The third-order valence-electron chi connectivity index (χ3n) is 4.86. The Morgan fingerprint density at radius 3 is 2.85 bits per heavy atom. The Balaban J connectivity index is 1.66. The van der Waals surface area contributed by atoms with Crippen LogP contribution in [0.1, 0.15) is 25.1 Å². The van der Waals surface area contributed by atoms with Gasteiger partial charge >= 0.3 is 0 Å². The number of aromatic amines is 1. The molecule has 6 nitrogen and oxygen atoms in total. The minimum atomic E-state index is -0.321. The average molecular weight is 403 g/mol. The normalized spacial score (nSPS) is 18.0. The highest BCUT2D eigenvalue weighted by Gasteiger charge is 2.27. The van der Waals surface area contributed by atoms with E-state index in [0.717, 1.165) is 36.2 Å². The van der Waals surface area contributed by atoms with Crippen LogP contribution < -0.4 is 11.3 Å². The van der Waals surface area contributed by atoms with E-state index in [9.17, 15) is 9.59 Å². The molecule has 8 heteroatoms. The number of carbonyl (C=O) groups excluding carboxylic acids is 1. The second kappa shape index (κ2) is 7.42. The number of piperidine rings is 1. The fourth-order valence-electron chi connectivity index (χ4n) is 3.51. The summed E-state index contributed by atoms with van der Waals surface area (Å²) in [6, 6.07) is 9.12. The molecule has 1 aliphatic rings. The number of thiophene rings is 1. The highest BCUT2D eigenvalue weighted by Crippen LogP contribution is 2.31. The van der Waals surface area contributed by atoms with Crippen LogP contribution >= 0.6 is 22.9 Å². The van der Waals surface area contributed by atoms with Gasteiger partial charge in [-0.25, -0.2) is 4.98 Å². The van der Waals surface area contributed by atoms with Gasteiger partial charge in [-0.15, -0.1) is 11.3 Å². The van der Waals surface area contributed by atoms with Gasteiger partial charge in [0.2, 0.25) is 5.91 Å². The Morgan fingerprint density at radius 1 is 1.33 bits per heavy atom. The van der Waals surface area contributed by atoms with Crippen molar-refractivity contribution in [1.29, 1.82) is 0 Å². The second-order valence-electron chi connectivity index (χ2n) is 6.73. The summed E-state index contributed by atoms with van der Waals surface area (Å²) >= 11 is 7.35. The number of H-pyrrole nitrogens is 1. The number of hydrogen-bond acceptors (Lipinski definition) is 5. The maximum absolute atomic E-state index is 12.5. The summed E-state index contributed by atoms with van der Waals surface area (Å²) in [5, 5.41) is 0.670. The average Bonchev–Trinajstić information content (AvgIpc) is 3.07. The van der Waals surface area contributed by atoms with Crippen molar-refractivity contribution in [3.8, 4) is 10.4 Å². The number of nitrogens with one attached hydrogen (secondary N) is 1. The molecule has 4 rings (SSSR count). The van der Waals surface area contributed by atoms with Crippen LogP contribution in [0.2, 0.25) is 5.02 Å². The summed E-state index contributed by atoms with van der Waals surface area (Å²) in [4.78, 5) is 34.7. The molecule has 0 bridgehead atoms. The van der Waals surface area contributed by atoms with Gasteiger partial charge in [0, 0.05) is 9.90 Å². The Labute approximate surface area is 165 Å². The Hall–Kier alpha value is -2.22. The van der Waals surface area contributed by atoms with E-state index in [2.05, 4.69) is 9.97 Å². The number of nitrogens with two attached hydrogens (primary N) is 1. The Morgan fingerprint density at radius 2 is 2.11 bits per heavy atom. The topological polar surface area (TPSA) is 92.1 Å². The summed E-state index contributed by atoms with van der Waals surface area (Å²) in [7, 11) is 0. The number of rotatable bonds is 4. The fraction of sp³-hybridized carbons (Fsp3) is 0.316. The molecule has 27 heavy (non-hydrogen) atoms. The number of carbonyl (C=O) groups is 1. The van der Waals surface area contributed by atoms with Crippen LogP contribution in [0.4, 0.5) is 0 Å². The van der Waals surface area contributed by atoms with E-state index in [1.165, 1.54) is 11.3 Å². The molecule has 1 fully saturated rings. The molecular formula is C19H19ClN4O2S. The number of aromatic nitrogens is 2.